The molecule has 4 aromatic rings. The maximum Gasteiger partial charge on any atom is 0.251 e. The first-order chi connectivity index (χ1) is 23.4. The minimum atomic E-state index is -3.70. The Labute approximate surface area is 288 Å². The summed E-state index contributed by atoms with van der Waals surface area (Å²) in [6, 6.07) is 29.6. The molecular formula is C37H44N6O5S. The second kappa shape index (κ2) is 17.3. The van der Waals surface area contributed by atoms with Crippen LogP contribution in [-0.2, 0) is 34.3 Å². The summed E-state index contributed by atoms with van der Waals surface area (Å²) in [5.74, 6) is -1.13. The molecule has 3 amide bonds. The van der Waals surface area contributed by atoms with E-state index in [4.69, 9.17) is 5.73 Å². The van der Waals surface area contributed by atoms with Crippen LogP contribution in [0.2, 0.25) is 0 Å². The Morgan fingerprint density at radius 2 is 1.31 bits per heavy atom. The molecule has 11 nitrogen and oxygen atoms in total. The fourth-order valence-corrected chi connectivity index (χ4v) is 5.61. The van der Waals surface area contributed by atoms with Crippen LogP contribution in [0.15, 0.2) is 103 Å². The van der Waals surface area contributed by atoms with Crippen molar-refractivity contribution in [2.75, 3.05) is 29.9 Å². The SMILES string of the molecule is CCC(NC[C@H](Cc1ccccc1)NC(=O)c1cc(C(=O)NCc2ccccc2)cc(N(C)S(C)(=O)=O)c1)C(=O)NCc1ccc(N)cc1. The standard InChI is InChI=1S/C37H44N6O5S/c1-4-34(37(46)41-24-28-15-17-31(38)18-16-28)39-25-32(19-26-11-7-5-8-12-26)42-36(45)30-20-29(21-33(22-30)43(2)49(3,47)48)35(44)40-23-27-13-9-6-10-14-27/h5-18,20-22,32,34,39H,4,19,23-25,38H2,1-3H3,(H,40,44)(H,41,46)(H,42,45)/t32-,34?/m0/s1. The summed E-state index contributed by atoms with van der Waals surface area (Å²) in [5.41, 5.74) is 9.61. The van der Waals surface area contributed by atoms with Crippen LogP contribution in [-0.4, -0.2) is 58.1 Å². The van der Waals surface area contributed by atoms with E-state index >= 15 is 0 Å². The zero-order valence-electron chi connectivity index (χ0n) is 28.0. The van der Waals surface area contributed by atoms with Crippen LogP contribution >= 0.6 is 0 Å². The highest BCUT2D eigenvalue weighted by Gasteiger charge is 2.23. The van der Waals surface area contributed by atoms with Crippen LogP contribution in [0.1, 0.15) is 50.8 Å². The predicted molar refractivity (Wildman–Crippen MR) is 193 cm³/mol. The lowest BCUT2D eigenvalue weighted by molar-refractivity contribution is -0.123. The Hall–Kier alpha value is -5.20. The summed E-state index contributed by atoms with van der Waals surface area (Å²) >= 11 is 0. The number of carbonyl (C=O) groups excluding carboxylic acids is 3. The van der Waals surface area contributed by atoms with Crippen molar-refractivity contribution >= 4 is 39.1 Å². The predicted octanol–water partition coefficient (Wildman–Crippen LogP) is 3.62. The van der Waals surface area contributed by atoms with Gasteiger partial charge in [-0.2, -0.15) is 0 Å². The highest BCUT2D eigenvalue weighted by molar-refractivity contribution is 7.92. The number of nitrogens with one attached hydrogen (secondary N) is 4. The van der Waals surface area contributed by atoms with E-state index < -0.39 is 33.9 Å². The molecule has 0 bridgehead atoms. The van der Waals surface area contributed by atoms with Crippen LogP contribution in [0.3, 0.4) is 0 Å². The van der Waals surface area contributed by atoms with E-state index in [1.165, 1.54) is 25.2 Å². The van der Waals surface area contributed by atoms with Gasteiger partial charge in [0.25, 0.3) is 11.8 Å². The summed E-state index contributed by atoms with van der Waals surface area (Å²) in [4.78, 5) is 40.2. The first-order valence-corrected chi connectivity index (χ1v) is 17.9. The molecule has 0 radical (unpaired) electrons. The van der Waals surface area contributed by atoms with Crippen LogP contribution < -0.4 is 31.3 Å². The molecule has 1 unspecified atom stereocenters. The fourth-order valence-electron chi connectivity index (χ4n) is 5.12. The Morgan fingerprint density at radius 1 is 0.755 bits per heavy atom. The molecule has 4 aromatic carbocycles. The molecule has 6 N–H and O–H groups in total. The molecule has 0 aromatic heterocycles. The van der Waals surface area contributed by atoms with Gasteiger partial charge in [0.15, 0.2) is 0 Å². The van der Waals surface area contributed by atoms with E-state index in [1.54, 1.807) is 12.1 Å². The number of carbonyl (C=O) groups is 3. The van der Waals surface area contributed by atoms with Crippen molar-refractivity contribution in [3.8, 4) is 0 Å². The van der Waals surface area contributed by atoms with Gasteiger partial charge in [0.1, 0.15) is 0 Å². The van der Waals surface area contributed by atoms with Crippen molar-refractivity contribution in [3.05, 3.63) is 131 Å². The Bertz CT molecular complexity index is 1820. The highest BCUT2D eigenvalue weighted by Crippen LogP contribution is 2.21. The van der Waals surface area contributed by atoms with Crippen LogP contribution in [0.5, 0.6) is 0 Å². The zero-order chi connectivity index (χ0) is 35.4. The van der Waals surface area contributed by atoms with Crippen LogP contribution in [0, 0.1) is 0 Å². The number of sulfonamides is 1. The lowest BCUT2D eigenvalue weighted by atomic mass is 10.0. The molecule has 0 aliphatic rings. The van der Waals surface area contributed by atoms with Crippen LogP contribution in [0.4, 0.5) is 11.4 Å². The summed E-state index contributed by atoms with van der Waals surface area (Å²) in [7, 11) is -2.33. The monoisotopic (exact) mass is 684 g/mol. The number of hydrogen-bond acceptors (Lipinski definition) is 7. The maximum atomic E-state index is 13.8. The lowest BCUT2D eigenvalue weighted by Gasteiger charge is -2.24. The van der Waals surface area contributed by atoms with Crippen molar-refractivity contribution in [2.24, 2.45) is 0 Å². The highest BCUT2D eigenvalue weighted by atomic mass is 32.2. The number of benzene rings is 4. The number of amides is 3. The molecule has 258 valence electrons. The molecule has 12 heteroatoms. The molecule has 0 saturated heterocycles. The first-order valence-electron chi connectivity index (χ1n) is 16.0. The van der Waals surface area contributed by atoms with Gasteiger partial charge in [0.05, 0.1) is 18.0 Å². The molecule has 49 heavy (non-hydrogen) atoms. The minimum absolute atomic E-state index is 0.115. The molecular weight excluding hydrogens is 641 g/mol. The van der Waals surface area contributed by atoms with Gasteiger partial charge in [0.2, 0.25) is 15.9 Å². The molecule has 0 spiro atoms. The first kappa shape index (κ1) is 36.6. The van der Waals surface area contributed by atoms with Gasteiger partial charge in [0, 0.05) is 49.5 Å². The van der Waals surface area contributed by atoms with Gasteiger partial charge in [-0.25, -0.2) is 8.42 Å². The van der Waals surface area contributed by atoms with Gasteiger partial charge in [-0.15, -0.1) is 0 Å². The van der Waals surface area contributed by atoms with Gasteiger partial charge < -0.3 is 27.0 Å². The minimum Gasteiger partial charge on any atom is -0.399 e. The molecule has 2 atom stereocenters. The third-order valence-electron chi connectivity index (χ3n) is 8.04. The number of hydrogen-bond donors (Lipinski definition) is 5. The smallest absolute Gasteiger partial charge is 0.251 e. The number of nitrogen functional groups attached to an aromatic ring is 1. The van der Waals surface area contributed by atoms with E-state index in [0.29, 0.717) is 25.1 Å². The van der Waals surface area contributed by atoms with Gasteiger partial charge in [-0.1, -0.05) is 79.7 Å². The van der Waals surface area contributed by atoms with E-state index in [9.17, 15) is 22.8 Å². The fraction of sp³-hybridized carbons (Fsp3) is 0.270. The number of rotatable bonds is 16. The quantitative estimate of drug-likeness (QED) is 0.113. The van der Waals surface area contributed by atoms with E-state index in [2.05, 4.69) is 21.3 Å². The molecule has 0 fully saturated rings. The normalized spacial score (nSPS) is 12.4. The van der Waals surface area contributed by atoms with E-state index in [1.807, 2.05) is 79.7 Å². The van der Waals surface area contributed by atoms with Crippen molar-refractivity contribution in [1.82, 2.24) is 21.3 Å². The van der Waals surface area contributed by atoms with Gasteiger partial charge in [-0.05, 0) is 59.9 Å². The number of anilines is 2. The second-order valence-electron chi connectivity index (χ2n) is 11.9. The van der Waals surface area contributed by atoms with E-state index in [-0.39, 0.29) is 35.8 Å². The van der Waals surface area contributed by atoms with Gasteiger partial charge >= 0.3 is 0 Å². The van der Waals surface area contributed by atoms with Crippen molar-refractivity contribution in [2.45, 2.75) is 44.9 Å². The molecule has 0 heterocycles. The average molecular weight is 685 g/mol. The second-order valence-corrected chi connectivity index (χ2v) is 13.9. The van der Waals surface area contributed by atoms with Crippen molar-refractivity contribution < 1.29 is 22.8 Å². The topological polar surface area (TPSA) is 163 Å². The average Bonchev–Trinajstić information content (AvgIpc) is 3.10. The summed E-state index contributed by atoms with van der Waals surface area (Å²) in [6.45, 7) is 2.77. The lowest BCUT2D eigenvalue weighted by Crippen LogP contribution is -2.50. The maximum absolute atomic E-state index is 13.8. The van der Waals surface area contributed by atoms with Gasteiger partial charge in [-0.3, -0.25) is 18.7 Å². The Morgan fingerprint density at radius 3 is 1.90 bits per heavy atom. The molecule has 0 aliphatic heterocycles. The molecule has 4 rings (SSSR count). The zero-order valence-corrected chi connectivity index (χ0v) is 28.8. The van der Waals surface area contributed by atoms with E-state index in [0.717, 1.165) is 27.3 Å². The Kier molecular flexibility index (Phi) is 12.9. The Balaban J connectivity index is 1.53. The summed E-state index contributed by atoms with van der Waals surface area (Å²) in [6.07, 6.45) is 2.02. The van der Waals surface area contributed by atoms with Crippen molar-refractivity contribution in [3.63, 3.8) is 0 Å². The summed E-state index contributed by atoms with van der Waals surface area (Å²) < 4.78 is 25.9. The summed E-state index contributed by atoms with van der Waals surface area (Å²) in [5, 5.41) is 12.1. The number of nitrogens with zero attached hydrogens (tertiary/aromatic N) is 1. The number of nitrogens with two attached hydrogens (primary N) is 1. The largest absolute Gasteiger partial charge is 0.399 e. The van der Waals surface area contributed by atoms with Crippen molar-refractivity contribution in [1.29, 1.82) is 0 Å². The molecule has 0 saturated carbocycles. The van der Waals surface area contributed by atoms with Crippen LogP contribution in [0.25, 0.3) is 0 Å². The molecule has 0 aliphatic carbocycles. The third kappa shape index (κ3) is 11.2. The third-order valence-corrected chi connectivity index (χ3v) is 9.25.